The molecule has 16 heavy (non-hydrogen) atoms. The van der Waals surface area contributed by atoms with Gasteiger partial charge in [0.1, 0.15) is 17.2 Å². The van der Waals surface area contributed by atoms with Crippen LogP contribution < -0.4 is 5.32 Å². The molecule has 1 rings (SSSR count). The first-order valence-electron chi connectivity index (χ1n) is 5.69. The summed E-state index contributed by atoms with van der Waals surface area (Å²) >= 11 is 5.93. The quantitative estimate of drug-likeness (QED) is 0.797. The number of anilines is 1. The SMILES string of the molecule is CCCN(CC)CCNc1ncncc1Cl. The maximum absolute atomic E-state index is 5.93. The van der Waals surface area contributed by atoms with Gasteiger partial charge in [0.05, 0.1) is 6.20 Å². The summed E-state index contributed by atoms with van der Waals surface area (Å²) in [5.74, 6) is 0.712. The molecular weight excluding hydrogens is 224 g/mol. The fourth-order valence-electron chi connectivity index (χ4n) is 1.52. The van der Waals surface area contributed by atoms with Crippen LogP contribution in [-0.4, -0.2) is 41.0 Å². The van der Waals surface area contributed by atoms with Gasteiger partial charge in [-0.3, -0.25) is 0 Å². The molecule has 90 valence electrons. The van der Waals surface area contributed by atoms with Crippen molar-refractivity contribution in [3.05, 3.63) is 17.5 Å². The van der Waals surface area contributed by atoms with Crippen molar-refractivity contribution in [1.82, 2.24) is 14.9 Å². The number of aromatic nitrogens is 2. The third-order valence-electron chi connectivity index (χ3n) is 2.38. The Kier molecular flexibility index (Phi) is 6.11. The first-order chi connectivity index (χ1) is 7.77. The van der Waals surface area contributed by atoms with Gasteiger partial charge in [0.25, 0.3) is 0 Å². The summed E-state index contributed by atoms with van der Waals surface area (Å²) in [6, 6.07) is 0. The molecule has 1 N–H and O–H groups in total. The summed E-state index contributed by atoms with van der Waals surface area (Å²) in [6.07, 6.45) is 4.28. The van der Waals surface area contributed by atoms with Gasteiger partial charge in [-0.25, -0.2) is 9.97 Å². The molecule has 0 fully saturated rings. The summed E-state index contributed by atoms with van der Waals surface area (Å²) in [6.45, 7) is 8.43. The molecule has 0 amide bonds. The highest BCUT2D eigenvalue weighted by molar-refractivity contribution is 6.32. The molecule has 0 unspecified atom stereocenters. The summed E-state index contributed by atoms with van der Waals surface area (Å²) in [5, 5.41) is 3.78. The van der Waals surface area contributed by atoms with Crippen molar-refractivity contribution >= 4 is 17.4 Å². The Labute approximate surface area is 102 Å². The molecule has 0 aliphatic carbocycles. The van der Waals surface area contributed by atoms with Crippen LogP contribution in [0, 0.1) is 0 Å². The van der Waals surface area contributed by atoms with Crippen LogP contribution in [0.1, 0.15) is 20.3 Å². The van der Waals surface area contributed by atoms with E-state index < -0.39 is 0 Å². The smallest absolute Gasteiger partial charge is 0.148 e. The van der Waals surface area contributed by atoms with Crippen molar-refractivity contribution < 1.29 is 0 Å². The second-order valence-electron chi connectivity index (χ2n) is 3.58. The van der Waals surface area contributed by atoms with Gasteiger partial charge in [0.15, 0.2) is 0 Å². The number of nitrogens with zero attached hydrogens (tertiary/aromatic N) is 3. The Bertz CT molecular complexity index is 306. The number of likely N-dealkylation sites (N-methyl/N-ethyl adjacent to an activating group) is 1. The highest BCUT2D eigenvalue weighted by atomic mass is 35.5. The molecule has 1 aromatic heterocycles. The zero-order valence-corrected chi connectivity index (χ0v) is 10.7. The fourth-order valence-corrected chi connectivity index (χ4v) is 1.69. The minimum Gasteiger partial charge on any atom is -0.367 e. The number of nitrogens with one attached hydrogen (secondary N) is 1. The molecule has 1 heterocycles. The molecule has 0 bridgehead atoms. The van der Waals surface area contributed by atoms with Crippen molar-refractivity contribution in [1.29, 1.82) is 0 Å². The lowest BCUT2D eigenvalue weighted by Crippen LogP contribution is -2.29. The van der Waals surface area contributed by atoms with Crippen LogP contribution in [0.3, 0.4) is 0 Å². The average Bonchev–Trinajstić information content (AvgIpc) is 2.30. The molecule has 0 atom stereocenters. The molecule has 1 aromatic rings. The zero-order chi connectivity index (χ0) is 11.8. The van der Waals surface area contributed by atoms with Crippen molar-refractivity contribution in [3.8, 4) is 0 Å². The second-order valence-corrected chi connectivity index (χ2v) is 3.99. The molecule has 0 radical (unpaired) electrons. The lowest BCUT2D eigenvalue weighted by Gasteiger charge is -2.19. The standard InChI is InChI=1S/C11H19ClN4/c1-3-6-16(4-2)7-5-14-11-10(12)8-13-9-15-11/h8-9H,3-7H2,1-2H3,(H,13,14,15). The van der Waals surface area contributed by atoms with E-state index in [0.717, 1.165) is 26.2 Å². The number of halogens is 1. The normalized spacial score (nSPS) is 10.8. The van der Waals surface area contributed by atoms with Crippen molar-refractivity contribution in [2.24, 2.45) is 0 Å². The van der Waals surface area contributed by atoms with Gasteiger partial charge < -0.3 is 10.2 Å². The first-order valence-corrected chi connectivity index (χ1v) is 6.07. The highest BCUT2D eigenvalue weighted by Gasteiger charge is 2.02. The lowest BCUT2D eigenvalue weighted by atomic mass is 10.4. The van der Waals surface area contributed by atoms with Crippen molar-refractivity contribution in [2.45, 2.75) is 20.3 Å². The van der Waals surface area contributed by atoms with Gasteiger partial charge in [-0.05, 0) is 19.5 Å². The van der Waals surface area contributed by atoms with Gasteiger partial charge >= 0.3 is 0 Å². The largest absolute Gasteiger partial charge is 0.367 e. The topological polar surface area (TPSA) is 41.0 Å². The van der Waals surface area contributed by atoms with Crippen molar-refractivity contribution in [2.75, 3.05) is 31.5 Å². The molecular formula is C11H19ClN4. The van der Waals surface area contributed by atoms with E-state index in [9.17, 15) is 0 Å². The number of hydrogen-bond donors (Lipinski definition) is 1. The number of hydrogen-bond acceptors (Lipinski definition) is 4. The Morgan fingerprint density at radius 2 is 2.19 bits per heavy atom. The molecule has 0 aliphatic rings. The Hall–Kier alpha value is -0.870. The van der Waals surface area contributed by atoms with E-state index in [1.165, 1.54) is 12.7 Å². The molecule has 0 saturated heterocycles. The predicted molar refractivity (Wildman–Crippen MR) is 67.9 cm³/mol. The van der Waals surface area contributed by atoms with Crippen LogP contribution in [0.5, 0.6) is 0 Å². The second kappa shape index (κ2) is 7.41. The van der Waals surface area contributed by atoms with Crippen LogP contribution in [0.2, 0.25) is 5.02 Å². The Balaban J connectivity index is 2.32. The first kappa shape index (κ1) is 13.2. The van der Waals surface area contributed by atoms with Crippen molar-refractivity contribution in [3.63, 3.8) is 0 Å². The maximum atomic E-state index is 5.93. The van der Waals surface area contributed by atoms with Crippen LogP contribution in [0.15, 0.2) is 12.5 Å². The molecule has 0 aromatic carbocycles. The van der Waals surface area contributed by atoms with Gasteiger partial charge in [-0.1, -0.05) is 25.4 Å². The highest BCUT2D eigenvalue weighted by Crippen LogP contribution is 2.15. The van der Waals surface area contributed by atoms with Crippen LogP contribution in [-0.2, 0) is 0 Å². The molecule has 0 saturated carbocycles. The van der Waals surface area contributed by atoms with Gasteiger partial charge in [0, 0.05) is 13.1 Å². The summed E-state index contributed by atoms with van der Waals surface area (Å²) < 4.78 is 0. The fraction of sp³-hybridized carbons (Fsp3) is 0.636. The summed E-state index contributed by atoms with van der Waals surface area (Å²) in [5.41, 5.74) is 0. The van der Waals surface area contributed by atoms with E-state index in [4.69, 9.17) is 11.6 Å². The van der Waals surface area contributed by atoms with Gasteiger partial charge in [0.2, 0.25) is 0 Å². The van der Waals surface area contributed by atoms with E-state index in [2.05, 4.69) is 34.0 Å². The zero-order valence-electron chi connectivity index (χ0n) is 9.91. The lowest BCUT2D eigenvalue weighted by molar-refractivity contribution is 0.300. The minimum atomic E-state index is 0.570. The molecule has 0 spiro atoms. The monoisotopic (exact) mass is 242 g/mol. The molecule has 5 heteroatoms. The van der Waals surface area contributed by atoms with Crippen LogP contribution in [0.4, 0.5) is 5.82 Å². The molecule has 0 aliphatic heterocycles. The van der Waals surface area contributed by atoms with Crippen LogP contribution >= 0.6 is 11.6 Å². The third-order valence-corrected chi connectivity index (χ3v) is 2.65. The van der Waals surface area contributed by atoms with E-state index in [1.54, 1.807) is 6.20 Å². The Morgan fingerprint density at radius 3 is 2.81 bits per heavy atom. The van der Waals surface area contributed by atoms with Crippen LogP contribution in [0.25, 0.3) is 0 Å². The minimum absolute atomic E-state index is 0.570. The van der Waals surface area contributed by atoms with E-state index in [-0.39, 0.29) is 0 Å². The third kappa shape index (κ3) is 4.33. The number of rotatable bonds is 7. The average molecular weight is 243 g/mol. The van der Waals surface area contributed by atoms with Gasteiger partial charge in [-0.15, -0.1) is 0 Å². The maximum Gasteiger partial charge on any atom is 0.148 e. The molecule has 4 nitrogen and oxygen atoms in total. The van der Waals surface area contributed by atoms with E-state index >= 15 is 0 Å². The summed E-state index contributed by atoms with van der Waals surface area (Å²) in [4.78, 5) is 10.3. The van der Waals surface area contributed by atoms with E-state index in [1.807, 2.05) is 0 Å². The van der Waals surface area contributed by atoms with Gasteiger partial charge in [-0.2, -0.15) is 0 Å². The Morgan fingerprint density at radius 1 is 1.38 bits per heavy atom. The van der Waals surface area contributed by atoms with E-state index in [0.29, 0.717) is 10.8 Å². The summed E-state index contributed by atoms with van der Waals surface area (Å²) in [7, 11) is 0. The predicted octanol–water partition coefficient (Wildman–Crippen LogP) is 2.27.